The third kappa shape index (κ3) is 2.10. The Morgan fingerprint density at radius 1 is 1.44 bits per heavy atom. The molecule has 6 nitrogen and oxygen atoms in total. The molecule has 0 spiro atoms. The van der Waals surface area contributed by atoms with Gasteiger partial charge in [0.25, 0.3) is 0 Å². The monoisotopic (exact) mass is 238 g/mol. The van der Waals surface area contributed by atoms with E-state index in [1.807, 2.05) is 0 Å². The zero-order valence-corrected chi connectivity index (χ0v) is 10.1. The van der Waals surface area contributed by atoms with Crippen molar-refractivity contribution in [3.8, 4) is 5.13 Å². The summed E-state index contributed by atoms with van der Waals surface area (Å²) < 4.78 is 1.70. The number of hydrogen-bond acceptors (Lipinski definition) is 6. The highest BCUT2D eigenvalue weighted by Crippen LogP contribution is 2.21. The van der Waals surface area contributed by atoms with Gasteiger partial charge in [-0.3, -0.25) is 0 Å². The molecule has 2 rings (SSSR count). The minimum atomic E-state index is 0.382. The van der Waals surface area contributed by atoms with Gasteiger partial charge in [0.2, 0.25) is 5.13 Å². The molecule has 16 heavy (non-hydrogen) atoms. The molecule has 0 radical (unpaired) electrons. The fourth-order valence-corrected chi connectivity index (χ4v) is 2.11. The largest absolute Gasteiger partial charge is 0.330 e. The van der Waals surface area contributed by atoms with Crippen LogP contribution in [-0.4, -0.2) is 31.7 Å². The second-order valence-corrected chi connectivity index (χ2v) is 4.74. The summed E-state index contributed by atoms with van der Waals surface area (Å²) in [4.78, 5) is 0. The molecule has 0 aliphatic carbocycles. The van der Waals surface area contributed by atoms with Crippen LogP contribution in [-0.2, 0) is 6.42 Å². The van der Waals surface area contributed by atoms with Crippen LogP contribution in [0.3, 0.4) is 0 Å². The van der Waals surface area contributed by atoms with Crippen LogP contribution in [0.1, 0.15) is 30.5 Å². The second kappa shape index (κ2) is 4.67. The first kappa shape index (κ1) is 11.2. The van der Waals surface area contributed by atoms with Gasteiger partial charge in [0, 0.05) is 12.3 Å². The normalized spacial score (nSPS) is 11.2. The predicted octanol–water partition coefficient (Wildman–Crippen LogP) is 0.743. The van der Waals surface area contributed by atoms with Crippen LogP contribution in [0.25, 0.3) is 5.13 Å². The van der Waals surface area contributed by atoms with Crippen LogP contribution in [0.4, 0.5) is 0 Å². The highest BCUT2D eigenvalue weighted by molar-refractivity contribution is 7.13. The van der Waals surface area contributed by atoms with Crippen LogP contribution in [0, 0.1) is 0 Å². The van der Waals surface area contributed by atoms with Gasteiger partial charge in [-0.15, -0.1) is 15.3 Å². The van der Waals surface area contributed by atoms with Crippen molar-refractivity contribution in [2.45, 2.75) is 26.2 Å². The third-order valence-electron chi connectivity index (χ3n) is 2.13. The maximum absolute atomic E-state index is 5.52. The first-order valence-corrected chi connectivity index (χ1v) is 5.97. The Bertz CT molecular complexity index is 460. The Balaban J connectivity index is 2.31. The van der Waals surface area contributed by atoms with Gasteiger partial charge in [-0.05, 0) is 6.54 Å². The van der Waals surface area contributed by atoms with E-state index >= 15 is 0 Å². The lowest BCUT2D eigenvalue weighted by Gasteiger charge is -1.99. The minimum absolute atomic E-state index is 0.382. The van der Waals surface area contributed by atoms with E-state index in [9.17, 15) is 0 Å². The number of nitrogens with two attached hydrogens (primary N) is 1. The van der Waals surface area contributed by atoms with Gasteiger partial charge in [-0.25, -0.2) is 0 Å². The summed E-state index contributed by atoms with van der Waals surface area (Å²) in [5.41, 5.74) is 6.49. The molecule has 0 aliphatic rings. The van der Waals surface area contributed by atoms with Gasteiger partial charge in [-0.1, -0.05) is 30.4 Å². The Hall–Kier alpha value is -1.34. The summed E-state index contributed by atoms with van der Waals surface area (Å²) in [6.07, 6.45) is 2.45. The standard InChI is InChI=1S/C9H14N6S/c1-6(2)8-12-13-9(16-8)15-7(3-4-10)5-11-14-15/h5-6H,3-4,10H2,1-2H3. The van der Waals surface area contributed by atoms with Crippen molar-refractivity contribution >= 4 is 11.3 Å². The zero-order chi connectivity index (χ0) is 11.5. The third-order valence-corrected chi connectivity index (χ3v) is 3.32. The topological polar surface area (TPSA) is 82.5 Å². The SMILES string of the molecule is CC(C)c1nnc(-n2nncc2CCN)s1. The Morgan fingerprint density at radius 3 is 2.88 bits per heavy atom. The van der Waals surface area contributed by atoms with Crippen molar-refractivity contribution in [3.05, 3.63) is 16.9 Å². The molecule has 0 atom stereocenters. The molecule has 0 aliphatic heterocycles. The first-order chi connectivity index (χ1) is 7.72. The van der Waals surface area contributed by atoms with Crippen LogP contribution in [0.2, 0.25) is 0 Å². The fourth-order valence-electron chi connectivity index (χ4n) is 1.28. The molecule has 0 amide bonds. The Kier molecular flexibility index (Phi) is 3.25. The smallest absolute Gasteiger partial charge is 0.234 e. The molecule has 86 valence electrons. The molecule has 7 heteroatoms. The summed E-state index contributed by atoms with van der Waals surface area (Å²) >= 11 is 1.54. The number of hydrogen-bond donors (Lipinski definition) is 1. The molecular formula is C9H14N6S. The van der Waals surface area contributed by atoms with Crippen molar-refractivity contribution in [2.75, 3.05) is 6.54 Å². The van der Waals surface area contributed by atoms with Crippen LogP contribution >= 0.6 is 11.3 Å². The molecule has 2 aromatic heterocycles. The van der Waals surface area contributed by atoms with Crippen molar-refractivity contribution in [1.82, 2.24) is 25.2 Å². The molecule has 0 bridgehead atoms. The van der Waals surface area contributed by atoms with E-state index in [1.165, 1.54) is 11.3 Å². The van der Waals surface area contributed by atoms with Crippen molar-refractivity contribution < 1.29 is 0 Å². The number of aromatic nitrogens is 5. The number of rotatable bonds is 4. The summed E-state index contributed by atoms with van der Waals surface area (Å²) in [5, 5.41) is 17.9. The van der Waals surface area contributed by atoms with Gasteiger partial charge < -0.3 is 5.73 Å². The Labute approximate surface area is 97.5 Å². The molecule has 0 aromatic carbocycles. The van der Waals surface area contributed by atoms with Gasteiger partial charge >= 0.3 is 0 Å². The summed E-state index contributed by atoms with van der Waals surface area (Å²) in [6, 6.07) is 0. The molecule has 0 saturated heterocycles. The van der Waals surface area contributed by atoms with E-state index in [-0.39, 0.29) is 0 Å². The van der Waals surface area contributed by atoms with E-state index in [1.54, 1.807) is 10.9 Å². The molecule has 2 heterocycles. The van der Waals surface area contributed by atoms with E-state index < -0.39 is 0 Å². The van der Waals surface area contributed by atoms with Crippen LogP contribution < -0.4 is 5.73 Å². The highest BCUT2D eigenvalue weighted by atomic mass is 32.1. The molecule has 0 unspecified atom stereocenters. The maximum Gasteiger partial charge on any atom is 0.234 e. The average molecular weight is 238 g/mol. The van der Waals surface area contributed by atoms with E-state index in [0.29, 0.717) is 12.5 Å². The molecule has 0 saturated carbocycles. The molecule has 0 fully saturated rings. The first-order valence-electron chi connectivity index (χ1n) is 5.15. The van der Waals surface area contributed by atoms with Crippen molar-refractivity contribution in [2.24, 2.45) is 5.73 Å². The van der Waals surface area contributed by atoms with Gasteiger partial charge in [-0.2, -0.15) is 4.68 Å². The average Bonchev–Trinajstić information content (AvgIpc) is 2.84. The summed E-state index contributed by atoms with van der Waals surface area (Å²) in [6.45, 7) is 4.75. The van der Waals surface area contributed by atoms with Gasteiger partial charge in [0.05, 0.1) is 11.9 Å². The van der Waals surface area contributed by atoms with Crippen molar-refractivity contribution in [3.63, 3.8) is 0 Å². The quantitative estimate of drug-likeness (QED) is 0.849. The van der Waals surface area contributed by atoms with Crippen LogP contribution in [0.5, 0.6) is 0 Å². The van der Waals surface area contributed by atoms with E-state index in [4.69, 9.17) is 5.73 Å². The Morgan fingerprint density at radius 2 is 2.25 bits per heavy atom. The minimum Gasteiger partial charge on any atom is -0.330 e. The molecule has 2 aromatic rings. The maximum atomic E-state index is 5.52. The highest BCUT2D eigenvalue weighted by Gasteiger charge is 2.12. The van der Waals surface area contributed by atoms with E-state index in [0.717, 1.165) is 22.3 Å². The second-order valence-electron chi connectivity index (χ2n) is 3.75. The molecular weight excluding hydrogens is 224 g/mol. The predicted molar refractivity (Wildman–Crippen MR) is 61.7 cm³/mol. The molecule has 2 N–H and O–H groups in total. The lowest BCUT2D eigenvalue weighted by molar-refractivity contribution is 0.736. The fraction of sp³-hybridized carbons (Fsp3) is 0.556. The van der Waals surface area contributed by atoms with Gasteiger partial charge in [0.15, 0.2) is 0 Å². The zero-order valence-electron chi connectivity index (χ0n) is 9.29. The van der Waals surface area contributed by atoms with Crippen molar-refractivity contribution in [1.29, 1.82) is 0 Å². The van der Waals surface area contributed by atoms with Gasteiger partial charge in [0.1, 0.15) is 5.01 Å². The summed E-state index contributed by atoms with van der Waals surface area (Å²) in [7, 11) is 0. The van der Waals surface area contributed by atoms with E-state index in [2.05, 4.69) is 34.4 Å². The lowest BCUT2D eigenvalue weighted by atomic mass is 10.2. The summed E-state index contributed by atoms with van der Waals surface area (Å²) in [5.74, 6) is 0.382. The van der Waals surface area contributed by atoms with Crippen LogP contribution in [0.15, 0.2) is 6.20 Å². The lowest BCUT2D eigenvalue weighted by Crippen LogP contribution is -2.08. The number of nitrogens with zero attached hydrogens (tertiary/aromatic N) is 5.